The molecule has 0 spiro atoms. The largest absolute Gasteiger partial charge is 0.458 e. The highest BCUT2D eigenvalue weighted by Gasteiger charge is 2.17. The summed E-state index contributed by atoms with van der Waals surface area (Å²) in [7, 11) is 0. The van der Waals surface area contributed by atoms with Crippen LogP contribution in [0.4, 0.5) is 0 Å². The molecule has 14 heavy (non-hydrogen) atoms. The van der Waals surface area contributed by atoms with Crippen LogP contribution >= 0.6 is 0 Å². The minimum atomic E-state index is 0.0164. The van der Waals surface area contributed by atoms with Crippen molar-refractivity contribution in [1.29, 1.82) is 0 Å². The molecule has 0 aromatic carbocycles. The summed E-state index contributed by atoms with van der Waals surface area (Å²) in [5.41, 5.74) is 0. The van der Waals surface area contributed by atoms with Gasteiger partial charge in [0.1, 0.15) is 5.76 Å². The van der Waals surface area contributed by atoms with Gasteiger partial charge in [0.15, 0.2) is 11.5 Å². The van der Waals surface area contributed by atoms with Crippen molar-refractivity contribution in [2.75, 3.05) is 0 Å². The lowest BCUT2D eigenvalue weighted by Crippen LogP contribution is -1.97. The van der Waals surface area contributed by atoms with Crippen molar-refractivity contribution in [2.24, 2.45) is 5.92 Å². The monoisotopic (exact) mass is 192 g/mol. The summed E-state index contributed by atoms with van der Waals surface area (Å²) in [6.07, 6.45) is 6.34. The fourth-order valence-corrected chi connectivity index (χ4v) is 2.18. The predicted octanol–water partition coefficient (Wildman–Crippen LogP) is 3.21. The van der Waals surface area contributed by atoms with Crippen molar-refractivity contribution < 1.29 is 9.21 Å². The second kappa shape index (κ2) is 3.99. The van der Waals surface area contributed by atoms with Gasteiger partial charge in [-0.2, -0.15) is 0 Å². The van der Waals surface area contributed by atoms with Crippen LogP contribution in [-0.4, -0.2) is 5.78 Å². The second-order valence-corrected chi connectivity index (χ2v) is 4.18. The van der Waals surface area contributed by atoms with Crippen LogP contribution in [0.5, 0.6) is 0 Å². The summed E-state index contributed by atoms with van der Waals surface area (Å²) in [6, 6.07) is 3.72. The van der Waals surface area contributed by atoms with Crippen molar-refractivity contribution in [3.8, 4) is 0 Å². The molecule has 1 aliphatic rings. The predicted molar refractivity (Wildman–Crippen MR) is 54.4 cm³/mol. The number of hydrogen-bond acceptors (Lipinski definition) is 2. The summed E-state index contributed by atoms with van der Waals surface area (Å²) in [6.45, 7) is 1.54. The molecule has 2 nitrogen and oxygen atoms in total. The molecule has 1 heterocycles. The average molecular weight is 192 g/mol. The first-order chi connectivity index (χ1) is 6.75. The molecule has 1 saturated carbocycles. The molecule has 1 aromatic heterocycles. The van der Waals surface area contributed by atoms with E-state index in [4.69, 9.17) is 4.42 Å². The van der Waals surface area contributed by atoms with Crippen LogP contribution < -0.4 is 0 Å². The molecule has 1 aromatic rings. The van der Waals surface area contributed by atoms with Crippen LogP contribution in [0.25, 0.3) is 0 Å². The van der Waals surface area contributed by atoms with Crippen molar-refractivity contribution in [2.45, 2.75) is 39.0 Å². The van der Waals surface area contributed by atoms with E-state index >= 15 is 0 Å². The van der Waals surface area contributed by atoms with Crippen LogP contribution in [-0.2, 0) is 6.42 Å². The number of carbonyl (C=O) groups excluding carboxylic acids is 1. The Hall–Kier alpha value is -1.05. The van der Waals surface area contributed by atoms with Gasteiger partial charge in [-0.3, -0.25) is 4.79 Å². The van der Waals surface area contributed by atoms with Gasteiger partial charge in [-0.25, -0.2) is 0 Å². The van der Waals surface area contributed by atoms with Crippen molar-refractivity contribution in [1.82, 2.24) is 0 Å². The second-order valence-electron chi connectivity index (χ2n) is 4.18. The van der Waals surface area contributed by atoms with E-state index in [2.05, 4.69) is 0 Å². The molecule has 0 aliphatic heterocycles. The maximum absolute atomic E-state index is 11.0. The molecule has 0 N–H and O–H groups in total. The molecular formula is C12H16O2. The molecule has 0 bridgehead atoms. The van der Waals surface area contributed by atoms with Crippen LogP contribution in [0.2, 0.25) is 0 Å². The zero-order valence-corrected chi connectivity index (χ0v) is 8.58. The molecule has 0 atom stereocenters. The third-order valence-electron chi connectivity index (χ3n) is 2.97. The molecule has 2 rings (SSSR count). The quantitative estimate of drug-likeness (QED) is 0.688. The number of Topliss-reactive ketones (excluding diaryl/α,β-unsaturated/α-hetero) is 1. The van der Waals surface area contributed by atoms with Gasteiger partial charge >= 0.3 is 0 Å². The summed E-state index contributed by atoms with van der Waals surface area (Å²) < 4.78 is 5.46. The topological polar surface area (TPSA) is 30.2 Å². The first-order valence-corrected chi connectivity index (χ1v) is 5.35. The lowest BCUT2D eigenvalue weighted by atomic mass is 10.0. The van der Waals surface area contributed by atoms with E-state index in [0.29, 0.717) is 5.76 Å². The normalized spacial score (nSPS) is 17.5. The summed E-state index contributed by atoms with van der Waals surface area (Å²) >= 11 is 0. The van der Waals surface area contributed by atoms with E-state index in [-0.39, 0.29) is 5.78 Å². The number of rotatable bonds is 3. The summed E-state index contributed by atoms with van der Waals surface area (Å²) in [5.74, 6) is 2.27. The smallest absolute Gasteiger partial charge is 0.194 e. The summed E-state index contributed by atoms with van der Waals surface area (Å²) in [5, 5.41) is 0. The Bertz CT molecular complexity index is 319. The highest BCUT2D eigenvalue weighted by atomic mass is 16.3. The van der Waals surface area contributed by atoms with Crippen molar-refractivity contribution >= 4 is 5.78 Å². The van der Waals surface area contributed by atoms with E-state index < -0.39 is 0 Å². The molecule has 0 radical (unpaired) electrons. The van der Waals surface area contributed by atoms with Gasteiger partial charge in [0, 0.05) is 13.3 Å². The molecule has 76 valence electrons. The van der Waals surface area contributed by atoms with Gasteiger partial charge in [0.2, 0.25) is 0 Å². The zero-order valence-electron chi connectivity index (χ0n) is 8.58. The Morgan fingerprint density at radius 2 is 2.14 bits per heavy atom. The van der Waals surface area contributed by atoms with Gasteiger partial charge in [-0.1, -0.05) is 25.7 Å². The molecular weight excluding hydrogens is 176 g/mol. The first kappa shape index (κ1) is 9.50. The Morgan fingerprint density at radius 1 is 1.43 bits per heavy atom. The third-order valence-corrected chi connectivity index (χ3v) is 2.97. The van der Waals surface area contributed by atoms with E-state index in [0.717, 1.165) is 18.1 Å². The number of carbonyl (C=O) groups is 1. The Kier molecular flexibility index (Phi) is 2.71. The molecule has 1 aliphatic carbocycles. The number of ketones is 1. The lowest BCUT2D eigenvalue weighted by Gasteiger charge is -2.04. The Balaban J connectivity index is 1.98. The van der Waals surface area contributed by atoms with Gasteiger partial charge in [-0.15, -0.1) is 0 Å². The minimum absolute atomic E-state index is 0.0164. The number of hydrogen-bond donors (Lipinski definition) is 0. The van der Waals surface area contributed by atoms with Crippen LogP contribution in [0, 0.1) is 5.92 Å². The number of furan rings is 1. The molecule has 1 fully saturated rings. The first-order valence-electron chi connectivity index (χ1n) is 5.35. The van der Waals surface area contributed by atoms with Gasteiger partial charge in [0.05, 0.1) is 0 Å². The standard InChI is InChI=1S/C12H16O2/c1-9(13)12-7-6-11(14-12)8-10-4-2-3-5-10/h6-7,10H,2-5,8H2,1H3. The summed E-state index contributed by atoms with van der Waals surface area (Å²) in [4.78, 5) is 11.0. The minimum Gasteiger partial charge on any atom is -0.458 e. The average Bonchev–Trinajstić information content (AvgIpc) is 2.75. The third kappa shape index (κ3) is 2.06. The molecule has 0 saturated heterocycles. The lowest BCUT2D eigenvalue weighted by molar-refractivity contribution is 0.0985. The Labute approximate surface area is 84.3 Å². The SMILES string of the molecule is CC(=O)c1ccc(CC2CCCC2)o1. The van der Waals surface area contributed by atoms with E-state index in [1.165, 1.54) is 32.6 Å². The van der Waals surface area contributed by atoms with E-state index in [1.54, 1.807) is 6.07 Å². The fraction of sp³-hybridized carbons (Fsp3) is 0.583. The fourth-order valence-electron chi connectivity index (χ4n) is 2.18. The van der Waals surface area contributed by atoms with E-state index in [1.807, 2.05) is 6.07 Å². The van der Waals surface area contributed by atoms with Gasteiger partial charge in [0.25, 0.3) is 0 Å². The van der Waals surface area contributed by atoms with Gasteiger partial charge in [-0.05, 0) is 18.1 Å². The zero-order chi connectivity index (χ0) is 9.97. The molecule has 0 unspecified atom stereocenters. The van der Waals surface area contributed by atoms with Crippen LogP contribution in [0.1, 0.15) is 48.9 Å². The maximum Gasteiger partial charge on any atom is 0.194 e. The van der Waals surface area contributed by atoms with Crippen LogP contribution in [0.15, 0.2) is 16.5 Å². The highest BCUT2D eigenvalue weighted by Crippen LogP contribution is 2.28. The molecule has 0 amide bonds. The van der Waals surface area contributed by atoms with Crippen LogP contribution in [0.3, 0.4) is 0 Å². The van der Waals surface area contributed by atoms with Gasteiger partial charge < -0.3 is 4.42 Å². The Morgan fingerprint density at radius 3 is 2.71 bits per heavy atom. The maximum atomic E-state index is 11.0. The van der Waals surface area contributed by atoms with Crippen molar-refractivity contribution in [3.63, 3.8) is 0 Å². The molecule has 2 heteroatoms. The van der Waals surface area contributed by atoms with Crippen molar-refractivity contribution in [3.05, 3.63) is 23.7 Å². The highest BCUT2D eigenvalue weighted by molar-refractivity contribution is 5.91. The van der Waals surface area contributed by atoms with E-state index in [9.17, 15) is 4.79 Å².